The Kier molecular flexibility index (Phi) is 3.86. The van der Waals surface area contributed by atoms with E-state index in [1.165, 1.54) is 7.11 Å². The number of ether oxygens (including phenoxy) is 1. The van der Waals surface area contributed by atoms with Gasteiger partial charge in [0.25, 0.3) is 5.91 Å². The Morgan fingerprint density at radius 2 is 1.82 bits per heavy atom. The van der Waals surface area contributed by atoms with Gasteiger partial charge in [0.05, 0.1) is 23.3 Å². The molecule has 0 unspecified atom stereocenters. The first-order valence-electron chi connectivity index (χ1n) is 6.84. The van der Waals surface area contributed by atoms with Crippen LogP contribution in [0.3, 0.4) is 0 Å². The van der Waals surface area contributed by atoms with Crippen LogP contribution < -0.4 is 0 Å². The Morgan fingerprint density at radius 3 is 2.55 bits per heavy atom. The first kappa shape index (κ1) is 14.6. The molecule has 2 aromatic rings. The van der Waals surface area contributed by atoms with Crippen molar-refractivity contribution in [2.24, 2.45) is 0 Å². The molecule has 1 aliphatic heterocycles. The molecule has 0 aromatic heterocycles. The number of nitrogens with zero attached hydrogens (tertiary/aromatic N) is 1. The van der Waals surface area contributed by atoms with Gasteiger partial charge >= 0.3 is 5.97 Å². The Morgan fingerprint density at radius 1 is 1.09 bits per heavy atom. The summed E-state index contributed by atoms with van der Waals surface area (Å²) in [5, 5.41) is 0.443. The van der Waals surface area contributed by atoms with Crippen LogP contribution in [-0.2, 0) is 17.8 Å². The second-order valence-electron chi connectivity index (χ2n) is 5.12. The van der Waals surface area contributed by atoms with Crippen molar-refractivity contribution in [3.05, 3.63) is 69.7 Å². The van der Waals surface area contributed by atoms with Crippen molar-refractivity contribution in [1.82, 2.24) is 4.90 Å². The third-order valence-corrected chi connectivity index (χ3v) is 4.07. The Labute approximate surface area is 133 Å². The number of carbonyl (C=O) groups is 2. The van der Waals surface area contributed by atoms with Crippen molar-refractivity contribution < 1.29 is 14.3 Å². The second kappa shape index (κ2) is 5.81. The predicted molar refractivity (Wildman–Crippen MR) is 82.8 cm³/mol. The minimum atomic E-state index is -0.376. The van der Waals surface area contributed by atoms with E-state index >= 15 is 0 Å². The van der Waals surface area contributed by atoms with Gasteiger partial charge in [0, 0.05) is 13.1 Å². The summed E-state index contributed by atoms with van der Waals surface area (Å²) in [6, 6.07) is 12.4. The molecular formula is C17H14ClNO3. The molecule has 0 fully saturated rings. The summed E-state index contributed by atoms with van der Waals surface area (Å²) < 4.78 is 4.72. The van der Waals surface area contributed by atoms with E-state index in [1.807, 2.05) is 6.07 Å². The van der Waals surface area contributed by atoms with Gasteiger partial charge < -0.3 is 9.64 Å². The molecule has 0 N–H and O–H groups in total. The first-order valence-corrected chi connectivity index (χ1v) is 7.22. The molecule has 0 spiro atoms. The molecule has 0 radical (unpaired) electrons. The standard InChI is InChI=1S/C17H14ClNO3/c1-22-17(21)11-6-7-12-9-19(10-13(12)8-11)16(20)14-4-2-3-5-15(14)18/h2-8H,9-10H2,1H3. The third kappa shape index (κ3) is 2.57. The molecule has 22 heavy (non-hydrogen) atoms. The van der Waals surface area contributed by atoms with Crippen molar-refractivity contribution in [3.8, 4) is 0 Å². The number of esters is 1. The molecule has 3 rings (SSSR count). The highest BCUT2D eigenvalue weighted by molar-refractivity contribution is 6.33. The summed E-state index contributed by atoms with van der Waals surface area (Å²) in [6.45, 7) is 0.977. The van der Waals surface area contributed by atoms with Crippen molar-refractivity contribution in [2.75, 3.05) is 7.11 Å². The topological polar surface area (TPSA) is 46.6 Å². The van der Waals surface area contributed by atoms with Crippen molar-refractivity contribution in [3.63, 3.8) is 0 Å². The summed E-state index contributed by atoms with van der Waals surface area (Å²) in [4.78, 5) is 25.9. The number of halogens is 1. The molecule has 0 atom stereocenters. The van der Waals surface area contributed by atoms with Crippen LogP contribution in [0.15, 0.2) is 42.5 Å². The molecule has 1 heterocycles. The third-order valence-electron chi connectivity index (χ3n) is 3.74. The number of amides is 1. The summed E-state index contributed by atoms with van der Waals surface area (Å²) in [6.07, 6.45) is 0. The monoisotopic (exact) mass is 315 g/mol. The van der Waals surface area contributed by atoms with Gasteiger partial charge in [-0.1, -0.05) is 29.8 Å². The summed E-state index contributed by atoms with van der Waals surface area (Å²) in [5.74, 6) is -0.486. The fourth-order valence-corrected chi connectivity index (χ4v) is 2.80. The number of methoxy groups -OCH3 is 1. The van der Waals surface area contributed by atoms with Crippen LogP contribution in [0.1, 0.15) is 31.8 Å². The smallest absolute Gasteiger partial charge is 0.337 e. The van der Waals surface area contributed by atoms with Gasteiger partial charge in [-0.3, -0.25) is 4.79 Å². The fraction of sp³-hybridized carbons (Fsp3) is 0.176. The maximum absolute atomic E-state index is 12.6. The zero-order valence-electron chi connectivity index (χ0n) is 12.0. The van der Waals surface area contributed by atoms with Gasteiger partial charge in [-0.25, -0.2) is 4.79 Å². The molecular weight excluding hydrogens is 302 g/mol. The van der Waals surface area contributed by atoms with E-state index in [9.17, 15) is 9.59 Å². The largest absolute Gasteiger partial charge is 0.465 e. The lowest BCUT2D eigenvalue weighted by Gasteiger charge is -2.16. The SMILES string of the molecule is COC(=O)c1ccc2c(c1)CN(C(=O)c1ccccc1Cl)C2. The Balaban J connectivity index is 1.84. The average molecular weight is 316 g/mol. The van der Waals surface area contributed by atoms with E-state index < -0.39 is 0 Å². The minimum absolute atomic E-state index is 0.110. The van der Waals surface area contributed by atoms with E-state index in [2.05, 4.69) is 0 Å². The highest BCUT2D eigenvalue weighted by Crippen LogP contribution is 2.27. The van der Waals surface area contributed by atoms with Crippen molar-refractivity contribution in [1.29, 1.82) is 0 Å². The predicted octanol–water partition coefficient (Wildman–Crippen LogP) is 3.28. The highest BCUT2D eigenvalue weighted by atomic mass is 35.5. The first-order chi connectivity index (χ1) is 10.6. The van der Waals surface area contributed by atoms with Crippen LogP contribution >= 0.6 is 11.6 Å². The maximum atomic E-state index is 12.6. The molecule has 0 saturated heterocycles. The molecule has 0 aliphatic carbocycles. The quantitative estimate of drug-likeness (QED) is 0.799. The van der Waals surface area contributed by atoms with Crippen LogP contribution in [0, 0.1) is 0 Å². The number of hydrogen-bond donors (Lipinski definition) is 0. The Bertz CT molecular complexity index is 757. The molecule has 112 valence electrons. The van der Waals surface area contributed by atoms with Gasteiger partial charge in [0.2, 0.25) is 0 Å². The van der Waals surface area contributed by atoms with E-state index in [4.69, 9.17) is 16.3 Å². The van der Waals surface area contributed by atoms with E-state index in [0.717, 1.165) is 11.1 Å². The lowest BCUT2D eigenvalue weighted by atomic mass is 10.1. The van der Waals surface area contributed by atoms with E-state index in [1.54, 1.807) is 41.3 Å². The zero-order chi connectivity index (χ0) is 15.7. The number of benzene rings is 2. The molecule has 5 heteroatoms. The normalized spacial score (nSPS) is 12.9. The average Bonchev–Trinajstić information content (AvgIpc) is 2.97. The molecule has 1 aliphatic rings. The molecule has 0 saturated carbocycles. The lowest BCUT2D eigenvalue weighted by molar-refractivity contribution is 0.0600. The molecule has 4 nitrogen and oxygen atoms in total. The van der Waals surface area contributed by atoms with Crippen LogP contribution in [0.5, 0.6) is 0 Å². The number of hydrogen-bond acceptors (Lipinski definition) is 3. The molecule has 0 bridgehead atoms. The molecule has 1 amide bonds. The van der Waals surface area contributed by atoms with Gasteiger partial charge in [-0.15, -0.1) is 0 Å². The van der Waals surface area contributed by atoms with Gasteiger partial charge in [-0.2, -0.15) is 0 Å². The number of carbonyl (C=O) groups excluding carboxylic acids is 2. The summed E-state index contributed by atoms with van der Waals surface area (Å²) in [5.41, 5.74) is 2.98. The van der Waals surface area contributed by atoms with Gasteiger partial charge in [0.1, 0.15) is 0 Å². The second-order valence-corrected chi connectivity index (χ2v) is 5.52. The van der Waals surface area contributed by atoms with Gasteiger partial charge in [0.15, 0.2) is 0 Å². The van der Waals surface area contributed by atoms with Crippen LogP contribution in [-0.4, -0.2) is 23.9 Å². The molecule has 2 aromatic carbocycles. The minimum Gasteiger partial charge on any atom is -0.465 e. The van der Waals surface area contributed by atoms with E-state index in [0.29, 0.717) is 29.2 Å². The Hall–Kier alpha value is -2.33. The van der Waals surface area contributed by atoms with Gasteiger partial charge in [-0.05, 0) is 35.4 Å². The van der Waals surface area contributed by atoms with Crippen molar-refractivity contribution >= 4 is 23.5 Å². The fourth-order valence-electron chi connectivity index (χ4n) is 2.59. The maximum Gasteiger partial charge on any atom is 0.337 e. The summed E-state index contributed by atoms with van der Waals surface area (Å²) in [7, 11) is 1.35. The summed E-state index contributed by atoms with van der Waals surface area (Å²) >= 11 is 6.09. The van der Waals surface area contributed by atoms with Crippen LogP contribution in [0.4, 0.5) is 0 Å². The van der Waals surface area contributed by atoms with Crippen molar-refractivity contribution in [2.45, 2.75) is 13.1 Å². The lowest BCUT2D eigenvalue weighted by Crippen LogP contribution is -2.25. The number of rotatable bonds is 2. The number of fused-ring (bicyclic) bond motifs is 1. The highest BCUT2D eigenvalue weighted by Gasteiger charge is 2.26. The van der Waals surface area contributed by atoms with E-state index in [-0.39, 0.29) is 11.9 Å². The van der Waals surface area contributed by atoms with Crippen LogP contribution in [0.2, 0.25) is 5.02 Å². The van der Waals surface area contributed by atoms with Crippen LogP contribution in [0.25, 0.3) is 0 Å². The zero-order valence-corrected chi connectivity index (χ0v) is 12.8.